The summed E-state index contributed by atoms with van der Waals surface area (Å²) in [5, 5.41) is 21.5. The Morgan fingerprint density at radius 2 is 2.00 bits per heavy atom. The van der Waals surface area contributed by atoms with Crippen LogP contribution in [0.25, 0.3) is 11.8 Å². The van der Waals surface area contributed by atoms with E-state index in [4.69, 9.17) is 0 Å². The minimum atomic E-state index is -0.490. The fraction of sp³-hybridized carbons (Fsp3) is 0.238. The molecule has 1 aromatic carbocycles. The van der Waals surface area contributed by atoms with Gasteiger partial charge >= 0.3 is 0 Å². The largest absolute Gasteiger partial charge is 0.317 e. The van der Waals surface area contributed by atoms with Crippen molar-refractivity contribution in [1.29, 1.82) is 5.26 Å². The molecule has 0 aliphatic heterocycles. The Hall–Kier alpha value is -3.24. The lowest BCUT2D eigenvalue weighted by molar-refractivity contribution is -0.112. The van der Waals surface area contributed by atoms with E-state index in [2.05, 4.69) is 22.4 Å². The Bertz CT molecular complexity index is 1050. The smallest absolute Gasteiger partial charge is 0.268 e. The second kappa shape index (κ2) is 8.63. The lowest BCUT2D eigenvalue weighted by Crippen LogP contribution is -2.13. The molecule has 0 saturated heterocycles. The molecular weight excluding hydrogens is 370 g/mol. The fourth-order valence-electron chi connectivity index (χ4n) is 2.98. The number of nitrogens with zero attached hydrogens (tertiary/aromatic N) is 4. The number of anilines is 1. The summed E-state index contributed by atoms with van der Waals surface area (Å²) in [6, 6.07) is 11.9. The number of rotatable bonds is 6. The van der Waals surface area contributed by atoms with Gasteiger partial charge in [0, 0.05) is 18.3 Å². The van der Waals surface area contributed by atoms with Crippen LogP contribution in [0.1, 0.15) is 35.2 Å². The molecule has 1 amide bonds. The van der Waals surface area contributed by atoms with Crippen molar-refractivity contribution in [3.8, 4) is 11.8 Å². The number of amides is 1. The van der Waals surface area contributed by atoms with Crippen LogP contribution >= 0.6 is 11.3 Å². The normalized spacial score (nSPS) is 11.3. The number of hydrogen-bond acceptors (Lipinski definition) is 5. The molecule has 6 nitrogen and oxygen atoms in total. The van der Waals surface area contributed by atoms with Gasteiger partial charge < -0.3 is 4.57 Å². The number of aromatic nitrogens is 3. The van der Waals surface area contributed by atoms with E-state index in [1.54, 1.807) is 6.08 Å². The van der Waals surface area contributed by atoms with Gasteiger partial charge in [-0.05, 0) is 49.6 Å². The molecular formula is C21H21N5OS. The number of nitriles is 1. The third-order valence-electron chi connectivity index (χ3n) is 4.27. The molecule has 28 heavy (non-hydrogen) atoms. The van der Waals surface area contributed by atoms with Crippen LogP contribution in [-0.4, -0.2) is 20.7 Å². The van der Waals surface area contributed by atoms with E-state index >= 15 is 0 Å². The number of carbonyl (C=O) groups excluding carboxylic acids is 1. The molecule has 2 heterocycles. The van der Waals surface area contributed by atoms with Crippen LogP contribution in [0, 0.1) is 25.2 Å². The van der Waals surface area contributed by atoms with E-state index in [1.807, 2.05) is 61.0 Å². The number of para-hydroxylation sites is 1. The van der Waals surface area contributed by atoms with E-state index in [1.165, 1.54) is 11.3 Å². The van der Waals surface area contributed by atoms with Crippen molar-refractivity contribution in [3.63, 3.8) is 0 Å². The molecule has 0 unspecified atom stereocenters. The summed E-state index contributed by atoms with van der Waals surface area (Å²) in [7, 11) is 0. The van der Waals surface area contributed by atoms with E-state index in [0.717, 1.165) is 40.4 Å². The van der Waals surface area contributed by atoms with E-state index in [-0.39, 0.29) is 5.57 Å². The zero-order valence-electron chi connectivity index (χ0n) is 16.1. The highest BCUT2D eigenvalue weighted by Gasteiger charge is 2.14. The SMILES string of the molecule is CCCc1nnc(NC(=O)/C(C#N)=C\c2cccn2-c2c(C)cccc2C)s1. The zero-order valence-corrected chi connectivity index (χ0v) is 16.9. The Kier molecular flexibility index (Phi) is 6.02. The minimum Gasteiger partial charge on any atom is -0.317 e. The van der Waals surface area contributed by atoms with Crippen molar-refractivity contribution in [2.75, 3.05) is 5.32 Å². The molecule has 0 aliphatic rings. The fourth-order valence-corrected chi connectivity index (χ4v) is 3.82. The first kappa shape index (κ1) is 19.5. The van der Waals surface area contributed by atoms with Gasteiger partial charge in [0.15, 0.2) is 0 Å². The van der Waals surface area contributed by atoms with Gasteiger partial charge in [-0.1, -0.05) is 36.5 Å². The summed E-state index contributed by atoms with van der Waals surface area (Å²) in [4.78, 5) is 12.5. The number of carbonyl (C=O) groups is 1. The Labute approximate surface area is 168 Å². The number of benzene rings is 1. The van der Waals surface area contributed by atoms with Gasteiger partial charge in [0.05, 0.1) is 5.69 Å². The molecule has 0 bridgehead atoms. The Morgan fingerprint density at radius 3 is 2.68 bits per heavy atom. The highest BCUT2D eigenvalue weighted by Crippen LogP contribution is 2.23. The first-order chi connectivity index (χ1) is 13.5. The second-order valence-corrected chi connectivity index (χ2v) is 7.48. The van der Waals surface area contributed by atoms with Gasteiger partial charge in [0.25, 0.3) is 5.91 Å². The summed E-state index contributed by atoms with van der Waals surface area (Å²) in [5.41, 5.74) is 4.05. The maximum atomic E-state index is 12.5. The topological polar surface area (TPSA) is 83.6 Å². The van der Waals surface area contributed by atoms with Gasteiger partial charge in [0.1, 0.15) is 16.6 Å². The average Bonchev–Trinajstić information content (AvgIpc) is 3.29. The van der Waals surface area contributed by atoms with Crippen LogP contribution in [-0.2, 0) is 11.2 Å². The summed E-state index contributed by atoms with van der Waals surface area (Å²) in [6.07, 6.45) is 5.30. The molecule has 0 saturated carbocycles. The van der Waals surface area contributed by atoms with E-state index in [9.17, 15) is 10.1 Å². The van der Waals surface area contributed by atoms with Crippen LogP contribution in [0.15, 0.2) is 42.1 Å². The third kappa shape index (κ3) is 4.18. The molecule has 0 aliphatic carbocycles. The highest BCUT2D eigenvalue weighted by atomic mass is 32.1. The zero-order chi connectivity index (χ0) is 20.1. The van der Waals surface area contributed by atoms with Gasteiger partial charge in [0.2, 0.25) is 5.13 Å². The molecule has 3 aromatic rings. The predicted octanol–water partition coefficient (Wildman–Crippen LogP) is 4.44. The van der Waals surface area contributed by atoms with Gasteiger partial charge in [-0.15, -0.1) is 10.2 Å². The summed E-state index contributed by atoms with van der Waals surface area (Å²) < 4.78 is 1.99. The van der Waals surface area contributed by atoms with Crippen molar-refractivity contribution in [2.45, 2.75) is 33.6 Å². The van der Waals surface area contributed by atoms with Crippen molar-refractivity contribution in [2.24, 2.45) is 0 Å². The maximum absolute atomic E-state index is 12.5. The Morgan fingerprint density at radius 1 is 1.25 bits per heavy atom. The molecule has 0 radical (unpaired) electrons. The monoisotopic (exact) mass is 391 g/mol. The van der Waals surface area contributed by atoms with Gasteiger partial charge in [-0.3, -0.25) is 10.1 Å². The van der Waals surface area contributed by atoms with Crippen molar-refractivity contribution in [1.82, 2.24) is 14.8 Å². The van der Waals surface area contributed by atoms with Crippen LogP contribution in [0.3, 0.4) is 0 Å². The number of hydrogen-bond donors (Lipinski definition) is 1. The molecule has 0 spiro atoms. The molecule has 1 N–H and O–H groups in total. The number of nitrogens with one attached hydrogen (secondary N) is 1. The lowest BCUT2D eigenvalue weighted by Gasteiger charge is -2.13. The summed E-state index contributed by atoms with van der Waals surface area (Å²) >= 11 is 1.33. The van der Waals surface area contributed by atoms with Crippen molar-refractivity contribution >= 4 is 28.5 Å². The first-order valence-electron chi connectivity index (χ1n) is 9.03. The van der Waals surface area contributed by atoms with E-state index in [0.29, 0.717) is 5.13 Å². The third-order valence-corrected chi connectivity index (χ3v) is 5.17. The van der Waals surface area contributed by atoms with Crippen molar-refractivity contribution < 1.29 is 4.79 Å². The van der Waals surface area contributed by atoms with Crippen LogP contribution in [0.2, 0.25) is 0 Å². The van der Waals surface area contributed by atoms with Gasteiger partial charge in [-0.25, -0.2) is 0 Å². The summed E-state index contributed by atoms with van der Waals surface area (Å²) in [5.74, 6) is -0.490. The maximum Gasteiger partial charge on any atom is 0.268 e. The average molecular weight is 392 g/mol. The molecule has 2 aromatic heterocycles. The predicted molar refractivity (Wildman–Crippen MR) is 111 cm³/mol. The van der Waals surface area contributed by atoms with Crippen LogP contribution in [0.5, 0.6) is 0 Å². The number of aryl methyl sites for hydroxylation is 3. The molecule has 3 rings (SSSR count). The minimum absolute atomic E-state index is 0.0124. The van der Waals surface area contributed by atoms with Crippen LogP contribution < -0.4 is 5.32 Å². The van der Waals surface area contributed by atoms with E-state index < -0.39 is 5.91 Å². The van der Waals surface area contributed by atoms with Crippen molar-refractivity contribution in [3.05, 3.63) is 63.9 Å². The van der Waals surface area contributed by atoms with Crippen LogP contribution in [0.4, 0.5) is 5.13 Å². The Balaban J connectivity index is 1.88. The lowest BCUT2D eigenvalue weighted by atomic mass is 10.1. The highest BCUT2D eigenvalue weighted by molar-refractivity contribution is 7.15. The molecule has 0 atom stereocenters. The second-order valence-electron chi connectivity index (χ2n) is 6.42. The summed E-state index contributed by atoms with van der Waals surface area (Å²) in [6.45, 7) is 6.13. The molecule has 0 fully saturated rings. The standard InChI is InChI=1S/C21H21N5OS/c1-4-7-18-24-25-21(28-18)23-20(27)16(13-22)12-17-10-6-11-26(17)19-14(2)8-5-9-15(19)3/h5-6,8-12H,4,7H2,1-3H3,(H,23,25,27)/b16-12-. The first-order valence-corrected chi connectivity index (χ1v) is 9.84. The molecule has 142 valence electrons. The molecule has 7 heteroatoms. The quantitative estimate of drug-likeness (QED) is 0.497. The van der Waals surface area contributed by atoms with Gasteiger partial charge in [-0.2, -0.15) is 5.26 Å².